The van der Waals surface area contributed by atoms with Gasteiger partial charge in [-0.3, -0.25) is 9.59 Å². The smallest absolute Gasteiger partial charge is 0.306 e. The topological polar surface area (TPSA) is 93.1 Å². The van der Waals surface area contributed by atoms with Crippen molar-refractivity contribution in [1.82, 2.24) is 0 Å². The van der Waals surface area contributed by atoms with Crippen molar-refractivity contribution in [3.05, 3.63) is 57.6 Å². The highest BCUT2D eigenvalue weighted by Gasteiger charge is 2.26. The second kappa shape index (κ2) is 15.1. The summed E-state index contributed by atoms with van der Waals surface area (Å²) < 4.78 is 10.9. The van der Waals surface area contributed by atoms with Crippen molar-refractivity contribution >= 4 is 11.9 Å². The van der Waals surface area contributed by atoms with Crippen molar-refractivity contribution in [1.29, 1.82) is 0 Å². The molecule has 2 aromatic carbocycles. The number of ether oxygens (including phenoxy) is 2. The molecule has 0 saturated carbocycles. The first kappa shape index (κ1) is 36.2. The van der Waals surface area contributed by atoms with Crippen molar-refractivity contribution in [2.75, 3.05) is 13.2 Å². The Morgan fingerprint density at radius 1 is 0.581 bits per heavy atom. The second-order valence-corrected chi connectivity index (χ2v) is 15.0. The maximum absolute atomic E-state index is 12.4. The van der Waals surface area contributed by atoms with Gasteiger partial charge in [-0.15, -0.1) is 0 Å². The minimum atomic E-state index is -0.213. The molecular formula is C37H56O6. The zero-order chi connectivity index (χ0) is 32.6. The van der Waals surface area contributed by atoms with Gasteiger partial charge in [-0.1, -0.05) is 86.6 Å². The molecule has 0 bridgehead atoms. The number of hydrogen-bond acceptors (Lipinski definition) is 6. The van der Waals surface area contributed by atoms with E-state index in [4.69, 9.17) is 9.47 Å². The van der Waals surface area contributed by atoms with E-state index in [0.717, 1.165) is 59.1 Å². The molecule has 0 atom stereocenters. The molecule has 2 aromatic rings. The summed E-state index contributed by atoms with van der Waals surface area (Å²) in [7, 11) is 0. The Morgan fingerprint density at radius 2 is 0.930 bits per heavy atom. The lowest BCUT2D eigenvalue weighted by atomic mass is 9.78. The molecule has 2 rings (SSSR count). The highest BCUT2D eigenvalue weighted by Crippen LogP contribution is 2.40. The minimum Gasteiger partial charge on any atom is -0.507 e. The van der Waals surface area contributed by atoms with Crippen LogP contribution in [0.2, 0.25) is 0 Å². The highest BCUT2D eigenvalue weighted by atomic mass is 16.5. The molecule has 240 valence electrons. The Labute approximate surface area is 260 Å². The zero-order valence-electron chi connectivity index (χ0n) is 28.4. The molecule has 0 aliphatic heterocycles. The Bertz CT molecular complexity index is 1200. The van der Waals surface area contributed by atoms with Crippen LogP contribution in [0.25, 0.3) is 0 Å². The maximum atomic E-state index is 12.4. The summed E-state index contributed by atoms with van der Waals surface area (Å²) in [5, 5.41) is 21.3. The van der Waals surface area contributed by atoms with Crippen LogP contribution in [-0.4, -0.2) is 35.4 Å². The summed E-state index contributed by atoms with van der Waals surface area (Å²) in [4.78, 5) is 24.6. The van der Waals surface area contributed by atoms with Gasteiger partial charge in [0.15, 0.2) is 0 Å². The molecule has 43 heavy (non-hydrogen) atoms. The van der Waals surface area contributed by atoms with Crippen molar-refractivity contribution in [3.8, 4) is 11.5 Å². The van der Waals surface area contributed by atoms with Crippen molar-refractivity contribution in [2.45, 2.75) is 137 Å². The molecule has 2 N–H and O–H groups in total. The summed E-state index contributed by atoms with van der Waals surface area (Å²) in [5.74, 6) is 0.247. The maximum Gasteiger partial charge on any atom is 0.306 e. The fraction of sp³-hybridized carbons (Fsp3) is 0.622. The fourth-order valence-corrected chi connectivity index (χ4v) is 5.12. The van der Waals surface area contributed by atoms with Gasteiger partial charge in [-0.25, -0.2) is 0 Å². The zero-order valence-corrected chi connectivity index (χ0v) is 28.4. The average molecular weight is 597 g/mol. The average Bonchev–Trinajstić information content (AvgIpc) is 2.88. The van der Waals surface area contributed by atoms with Crippen LogP contribution in [0.1, 0.15) is 134 Å². The number of unbranched alkanes of at least 4 members (excludes halogenated alkanes) is 3. The lowest BCUT2D eigenvalue weighted by molar-refractivity contribution is -0.145. The van der Waals surface area contributed by atoms with E-state index in [2.05, 4.69) is 62.3 Å². The SMILES string of the molecule is Cc1cc(CCC(=O)OCCCCCCOC(=O)CCc2cc(C(C)(C)C)c(O)c(C(C)(C)C)c2)cc(C(C)(C)C)c1O. The number of esters is 2. The lowest BCUT2D eigenvalue weighted by Crippen LogP contribution is -2.18. The van der Waals surface area contributed by atoms with E-state index < -0.39 is 0 Å². The van der Waals surface area contributed by atoms with E-state index in [0.29, 0.717) is 50.4 Å². The van der Waals surface area contributed by atoms with Gasteiger partial charge < -0.3 is 19.7 Å². The van der Waals surface area contributed by atoms with Crippen LogP contribution >= 0.6 is 0 Å². The van der Waals surface area contributed by atoms with Crippen molar-refractivity contribution < 1.29 is 29.3 Å². The van der Waals surface area contributed by atoms with Gasteiger partial charge in [-0.05, 0) is 95.1 Å². The van der Waals surface area contributed by atoms with Gasteiger partial charge in [0, 0.05) is 12.8 Å². The monoisotopic (exact) mass is 596 g/mol. The van der Waals surface area contributed by atoms with Crippen LogP contribution in [-0.2, 0) is 48.1 Å². The molecule has 6 nitrogen and oxygen atoms in total. The van der Waals surface area contributed by atoms with Crippen LogP contribution in [0.3, 0.4) is 0 Å². The summed E-state index contributed by atoms with van der Waals surface area (Å²) in [6.45, 7) is 21.3. The molecule has 0 aliphatic rings. The molecule has 0 aromatic heterocycles. The number of rotatable bonds is 13. The molecule has 0 saturated heterocycles. The van der Waals surface area contributed by atoms with E-state index in [-0.39, 0.29) is 28.2 Å². The first-order chi connectivity index (χ1) is 19.8. The van der Waals surface area contributed by atoms with Gasteiger partial charge in [0.25, 0.3) is 0 Å². The van der Waals surface area contributed by atoms with E-state index in [1.807, 2.05) is 31.2 Å². The predicted molar refractivity (Wildman–Crippen MR) is 174 cm³/mol. The summed E-state index contributed by atoms with van der Waals surface area (Å²) in [5.41, 5.74) is 4.99. The minimum absolute atomic E-state index is 0.176. The molecule has 0 radical (unpaired) electrons. The predicted octanol–water partition coefficient (Wildman–Crippen LogP) is 8.51. The van der Waals surface area contributed by atoms with Gasteiger partial charge in [0.05, 0.1) is 13.2 Å². The number of hydrogen-bond donors (Lipinski definition) is 2. The Hall–Kier alpha value is -3.02. The van der Waals surface area contributed by atoms with Crippen molar-refractivity contribution in [2.24, 2.45) is 0 Å². The molecule has 0 amide bonds. The van der Waals surface area contributed by atoms with Crippen molar-refractivity contribution in [3.63, 3.8) is 0 Å². The normalized spacial score (nSPS) is 12.3. The number of benzene rings is 2. The number of carbonyl (C=O) groups is 2. The van der Waals surface area contributed by atoms with Crippen LogP contribution in [0.5, 0.6) is 11.5 Å². The standard InChI is InChI=1S/C37H56O6/c1-25-21-26(22-28(33(25)40)35(2,3)4)15-17-31(38)42-19-13-11-12-14-20-43-32(39)18-16-27-23-29(36(5,6)7)34(41)30(24-27)37(8,9)10/h21-24,40-41H,11-20H2,1-10H3. The van der Waals surface area contributed by atoms with Crippen LogP contribution < -0.4 is 0 Å². The number of phenolic OH excluding ortho intramolecular Hbond substituents is 2. The fourth-order valence-electron chi connectivity index (χ4n) is 5.12. The van der Waals surface area contributed by atoms with Crippen LogP contribution in [0.15, 0.2) is 24.3 Å². The van der Waals surface area contributed by atoms with Gasteiger partial charge >= 0.3 is 11.9 Å². The number of aromatic hydroxyl groups is 2. The molecule has 0 aliphatic carbocycles. The molecule has 0 unspecified atom stereocenters. The summed E-state index contributed by atoms with van der Waals surface area (Å²) >= 11 is 0. The van der Waals surface area contributed by atoms with Gasteiger partial charge in [-0.2, -0.15) is 0 Å². The third-order valence-electron chi connectivity index (χ3n) is 7.75. The quantitative estimate of drug-likeness (QED) is 0.178. The second-order valence-electron chi connectivity index (χ2n) is 15.0. The highest BCUT2D eigenvalue weighted by molar-refractivity contribution is 5.70. The molecule has 6 heteroatoms. The lowest BCUT2D eigenvalue weighted by Gasteiger charge is -2.28. The Balaban J connectivity index is 1.66. The Morgan fingerprint density at radius 3 is 1.30 bits per heavy atom. The number of carbonyl (C=O) groups excluding carboxylic acids is 2. The first-order valence-corrected chi connectivity index (χ1v) is 15.8. The van der Waals surface area contributed by atoms with E-state index in [9.17, 15) is 19.8 Å². The van der Waals surface area contributed by atoms with E-state index >= 15 is 0 Å². The molecule has 0 fully saturated rings. The first-order valence-electron chi connectivity index (χ1n) is 15.8. The molecule has 0 heterocycles. The van der Waals surface area contributed by atoms with Crippen LogP contribution in [0, 0.1) is 6.92 Å². The van der Waals surface area contributed by atoms with Gasteiger partial charge in [0.1, 0.15) is 11.5 Å². The largest absolute Gasteiger partial charge is 0.507 e. The molecular weight excluding hydrogens is 540 g/mol. The molecule has 0 spiro atoms. The van der Waals surface area contributed by atoms with E-state index in [1.165, 1.54) is 0 Å². The number of phenols is 2. The Kier molecular flexibility index (Phi) is 12.7. The summed E-state index contributed by atoms with van der Waals surface area (Å²) in [6, 6.07) is 7.95. The number of aryl methyl sites for hydroxylation is 3. The van der Waals surface area contributed by atoms with Crippen LogP contribution in [0.4, 0.5) is 0 Å². The summed E-state index contributed by atoms with van der Waals surface area (Å²) in [6.07, 6.45) is 5.11. The van der Waals surface area contributed by atoms with E-state index in [1.54, 1.807) is 0 Å². The third-order valence-corrected chi connectivity index (χ3v) is 7.75. The third kappa shape index (κ3) is 11.5. The van der Waals surface area contributed by atoms with Gasteiger partial charge in [0.2, 0.25) is 0 Å².